The van der Waals surface area contributed by atoms with Crippen molar-refractivity contribution in [3.05, 3.63) is 65.9 Å². The Hall–Kier alpha value is -2.35. The second-order valence-electron chi connectivity index (χ2n) is 8.09. The Kier molecular flexibility index (Phi) is 4.58. The predicted octanol–water partition coefficient (Wildman–Crippen LogP) is 6.54. The minimum absolute atomic E-state index is 0.0876. The van der Waals surface area contributed by atoms with Crippen molar-refractivity contribution in [1.29, 1.82) is 0 Å². The maximum atomic E-state index is 13.4. The topological polar surface area (TPSA) is 30.2 Å². The maximum Gasteiger partial charge on any atom is 0.196 e. The first-order chi connectivity index (χ1) is 12.5. The summed E-state index contributed by atoms with van der Waals surface area (Å²) in [5.74, 6) is 0.722. The van der Waals surface area contributed by atoms with E-state index in [2.05, 4.69) is 55.4 Å². The van der Waals surface area contributed by atoms with Crippen LogP contribution in [0.2, 0.25) is 0 Å². The SMILES string of the molecule is Cc1c(C)c(C)c(-c2oc3c(C)c(C)c(C)c(C)c3c(=O)c2C)c(C)c1C. The minimum Gasteiger partial charge on any atom is -0.455 e. The van der Waals surface area contributed by atoms with Gasteiger partial charge in [0.1, 0.15) is 11.3 Å². The van der Waals surface area contributed by atoms with Crippen molar-refractivity contribution >= 4 is 11.0 Å². The summed E-state index contributed by atoms with van der Waals surface area (Å²) in [7, 11) is 0. The van der Waals surface area contributed by atoms with Crippen LogP contribution >= 0.6 is 0 Å². The lowest BCUT2D eigenvalue weighted by atomic mass is 9.87. The van der Waals surface area contributed by atoms with Crippen LogP contribution in [0.25, 0.3) is 22.3 Å². The Bertz CT molecular complexity index is 1150. The van der Waals surface area contributed by atoms with E-state index in [0.717, 1.165) is 33.4 Å². The third-order valence-corrected chi connectivity index (χ3v) is 6.97. The van der Waals surface area contributed by atoms with Crippen LogP contribution in [0.3, 0.4) is 0 Å². The van der Waals surface area contributed by atoms with Gasteiger partial charge >= 0.3 is 0 Å². The van der Waals surface area contributed by atoms with Crippen molar-refractivity contribution < 1.29 is 4.42 Å². The molecule has 2 nitrogen and oxygen atoms in total. The molecule has 0 aliphatic heterocycles. The summed E-state index contributed by atoms with van der Waals surface area (Å²) in [6, 6.07) is 0. The molecule has 0 saturated heterocycles. The van der Waals surface area contributed by atoms with Crippen LogP contribution in [0.5, 0.6) is 0 Å². The maximum absolute atomic E-state index is 13.4. The monoisotopic (exact) mass is 362 g/mol. The molecule has 142 valence electrons. The normalized spacial score (nSPS) is 11.5. The zero-order valence-corrected chi connectivity index (χ0v) is 18.3. The van der Waals surface area contributed by atoms with Gasteiger partial charge in [-0.3, -0.25) is 4.79 Å². The van der Waals surface area contributed by atoms with E-state index in [-0.39, 0.29) is 5.43 Å². The van der Waals surface area contributed by atoms with E-state index in [0.29, 0.717) is 5.56 Å². The molecule has 0 N–H and O–H groups in total. The van der Waals surface area contributed by atoms with E-state index < -0.39 is 0 Å². The zero-order chi connectivity index (χ0) is 20.4. The third-order valence-electron chi connectivity index (χ3n) is 6.97. The Morgan fingerprint density at radius 2 is 0.889 bits per heavy atom. The molecule has 27 heavy (non-hydrogen) atoms. The van der Waals surface area contributed by atoms with Gasteiger partial charge in [-0.05, 0) is 119 Å². The van der Waals surface area contributed by atoms with E-state index in [1.54, 1.807) is 0 Å². The predicted molar refractivity (Wildman–Crippen MR) is 115 cm³/mol. The van der Waals surface area contributed by atoms with Crippen molar-refractivity contribution in [3.8, 4) is 11.3 Å². The molecule has 3 aromatic rings. The highest BCUT2D eigenvalue weighted by atomic mass is 16.3. The molecule has 0 bridgehead atoms. The molecule has 0 aliphatic rings. The first-order valence-corrected chi connectivity index (χ1v) is 9.61. The molecule has 0 spiro atoms. The number of hydrogen-bond donors (Lipinski definition) is 0. The van der Waals surface area contributed by atoms with Gasteiger partial charge in [0.2, 0.25) is 0 Å². The van der Waals surface area contributed by atoms with E-state index >= 15 is 0 Å². The summed E-state index contributed by atoms with van der Waals surface area (Å²) in [6.45, 7) is 20.9. The van der Waals surface area contributed by atoms with Gasteiger partial charge in [-0.15, -0.1) is 0 Å². The minimum atomic E-state index is 0.0876. The van der Waals surface area contributed by atoms with Crippen LogP contribution in [0, 0.1) is 69.2 Å². The molecule has 0 aliphatic carbocycles. The molecule has 1 aromatic heterocycles. The fourth-order valence-electron chi connectivity index (χ4n) is 4.23. The largest absolute Gasteiger partial charge is 0.455 e. The summed E-state index contributed by atoms with van der Waals surface area (Å²) >= 11 is 0. The van der Waals surface area contributed by atoms with Crippen molar-refractivity contribution in [2.45, 2.75) is 69.2 Å². The Morgan fingerprint density at radius 3 is 1.41 bits per heavy atom. The average Bonchev–Trinajstić information content (AvgIpc) is 2.64. The summed E-state index contributed by atoms with van der Waals surface area (Å²) in [5, 5.41) is 0.729. The highest BCUT2D eigenvalue weighted by molar-refractivity contribution is 5.88. The number of aryl methyl sites for hydroxylation is 2. The van der Waals surface area contributed by atoms with Gasteiger partial charge in [-0.1, -0.05) is 0 Å². The molecular weight excluding hydrogens is 332 g/mol. The second kappa shape index (κ2) is 6.37. The molecule has 0 radical (unpaired) electrons. The lowest BCUT2D eigenvalue weighted by molar-refractivity contribution is 0.609. The molecule has 2 aromatic carbocycles. The van der Waals surface area contributed by atoms with Crippen LogP contribution in [0.15, 0.2) is 9.21 Å². The summed E-state index contributed by atoms with van der Waals surface area (Å²) < 4.78 is 6.52. The first kappa shape index (κ1) is 19.4. The van der Waals surface area contributed by atoms with Crippen molar-refractivity contribution in [2.24, 2.45) is 0 Å². The van der Waals surface area contributed by atoms with Crippen molar-refractivity contribution in [3.63, 3.8) is 0 Å². The standard InChI is InChI=1S/C25H30O2/c1-11-12(2)16(6)21(17(7)13(11)3)25-20(10)23(26)22-18(8)14(4)15(5)19(9)24(22)27-25/h1-10H3. The molecule has 0 saturated carbocycles. The van der Waals surface area contributed by atoms with Gasteiger partial charge in [0.15, 0.2) is 5.43 Å². The van der Waals surface area contributed by atoms with Crippen molar-refractivity contribution in [1.82, 2.24) is 0 Å². The molecule has 1 heterocycles. The quantitative estimate of drug-likeness (QED) is 0.492. The molecule has 0 atom stereocenters. The highest BCUT2D eigenvalue weighted by Gasteiger charge is 2.22. The molecule has 2 heteroatoms. The van der Waals surface area contributed by atoms with Gasteiger partial charge in [0.05, 0.1) is 5.39 Å². The van der Waals surface area contributed by atoms with Gasteiger partial charge < -0.3 is 4.42 Å². The zero-order valence-electron chi connectivity index (χ0n) is 18.3. The number of benzene rings is 2. The van der Waals surface area contributed by atoms with E-state index in [4.69, 9.17) is 4.42 Å². The smallest absolute Gasteiger partial charge is 0.196 e. The first-order valence-electron chi connectivity index (χ1n) is 9.61. The average molecular weight is 363 g/mol. The van der Waals surface area contributed by atoms with Crippen LogP contribution < -0.4 is 5.43 Å². The molecule has 0 fully saturated rings. The Labute approximate surface area is 162 Å². The van der Waals surface area contributed by atoms with Gasteiger partial charge in [-0.25, -0.2) is 0 Å². The van der Waals surface area contributed by atoms with Gasteiger partial charge in [0, 0.05) is 11.1 Å². The molecule has 3 rings (SSSR count). The Morgan fingerprint density at radius 1 is 0.481 bits per heavy atom. The summed E-state index contributed by atoms with van der Waals surface area (Å²) in [4.78, 5) is 13.4. The van der Waals surface area contributed by atoms with E-state index in [9.17, 15) is 4.79 Å². The fourth-order valence-corrected chi connectivity index (χ4v) is 4.23. The van der Waals surface area contributed by atoms with Crippen LogP contribution in [-0.2, 0) is 0 Å². The van der Waals surface area contributed by atoms with Gasteiger partial charge in [-0.2, -0.15) is 0 Å². The van der Waals surface area contributed by atoms with Crippen LogP contribution in [0.4, 0.5) is 0 Å². The Balaban J connectivity index is 2.57. The van der Waals surface area contributed by atoms with Crippen LogP contribution in [0.1, 0.15) is 55.6 Å². The van der Waals surface area contributed by atoms with E-state index in [1.807, 2.05) is 13.8 Å². The number of hydrogen-bond acceptors (Lipinski definition) is 2. The number of fused-ring (bicyclic) bond motifs is 1. The van der Waals surface area contributed by atoms with Crippen molar-refractivity contribution in [2.75, 3.05) is 0 Å². The lowest BCUT2D eigenvalue weighted by Crippen LogP contribution is -2.12. The molecular formula is C25H30O2. The third kappa shape index (κ3) is 2.57. The summed E-state index contributed by atoms with van der Waals surface area (Å²) in [6.07, 6.45) is 0. The highest BCUT2D eigenvalue weighted by Crippen LogP contribution is 2.38. The van der Waals surface area contributed by atoms with Gasteiger partial charge in [0.25, 0.3) is 0 Å². The fraction of sp³-hybridized carbons (Fsp3) is 0.400. The van der Waals surface area contributed by atoms with E-state index in [1.165, 1.54) is 38.9 Å². The summed E-state index contributed by atoms with van der Waals surface area (Å²) in [5.41, 5.74) is 13.3. The lowest BCUT2D eigenvalue weighted by Gasteiger charge is -2.20. The molecule has 0 unspecified atom stereocenters. The number of rotatable bonds is 1. The second-order valence-corrected chi connectivity index (χ2v) is 8.09. The molecule has 0 amide bonds. The van der Waals surface area contributed by atoms with Crippen LogP contribution in [-0.4, -0.2) is 0 Å².